The lowest BCUT2D eigenvalue weighted by Crippen LogP contribution is -3.29. The van der Waals surface area contributed by atoms with Crippen molar-refractivity contribution in [2.45, 2.75) is 19.5 Å². The molecule has 0 aliphatic carbocycles. The van der Waals surface area contributed by atoms with E-state index in [9.17, 15) is 4.79 Å². The number of rotatable bonds is 5. The number of carbonyl (C=O) groups is 1. The molecule has 0 bridgehead atoms. The molecule has 0 saturated carbocycles. The van der Waals surface area contributed by atoms with Crippen LogP contribution in [0.15, 0.2) is 48.5 Å². The fourth-order valence-electron chi connectivity index (χ4n) is 3.53. The highest BCUT2D eigenvalue weighted by Gasteiger charge is 2.31. The number of nitrogens with zero attached hydrogens (tertiary/aromatic N) is 1. The van der Waals surface area contributed by atoms with Crippen LogP contribution in [-0.4, -0.2) is 38.1 Å². The van der Waals surface area contributed by atoms with Gasteiger partial charge in [0, 0.05) is 16.3 Å². The van der Waals surface area contributed by atoms with Gasteiger partial charge in [-0.15, -0.1) is 0 Å². The summed E-state index contributed by atoms with van der Waals surface area (Å²) in [5, 5.41) is 12.7. The highest BCUT2D eigenvalue weighted by Crippen LogP contribution is 2.10. The molecule has 6 heteroatoms. The highest BCUT2D eigenvalue weighted by molar-refractivity contribution is 6.30. The van der Waals surface area contributed by atoms with Gasteiger partial charge in [0.15, 0.2) is 6.04 Å². The van der Waals surface area contributed by atoms with Crippen molar-refractivity contribution in [3.8, 4) is 6.07 Å². The van der Waals surface area contributed by atoms with Gasteiger partial charge in [0.25, 0.3) is 5.91 Å². The third-order valence-corrected chi connectivity index (χ3v) is 5.48. The molecule has 27 heavy (non-hydrogen) atoms. The van der Waals surface area contributed by atoms with Gasteiger partial charge in [0.1, 0.15) is 32.7 Å². The van der Waals surface area contributed by atoms with E-state index in [4.69, 9.17) is 16.9 Å². The summed E-state index contributed by atoms with van der Waals surface area (Å²) in [6.07, 6.45) is 0. The van der Waals surface area contributed by atoms with Gasteiger partial charge in [0.2, 0.25) is 0 Å². The lowest BCUT2D eigenvalue weighted by atomic mass is 10.1. The predicted octanol–water partition coefficient (Wildman–Crippen LogP) is 0.522. The number of benzene rings is 2. The minimum absolute atomic E-state index is 0.00115. The molecule has 0 unspecified atom stereocenters. The van der Waals surface area contributed by atoms with Gasteiger partial charge < -0.3 is 15.1 Å². The van der Waals surface area contributed by atoms with Crippen LogP contribution < -0.4 is 15.1 Å². The molecule has 5 nitrogen and oxygen atoms in total. The molecule has 1 saturated heterocycles. The fraction of sp³-hybridized carbons (Fsp3) is 0.333. The number of halogens is 1. The van der Waals surface area contributed by atoms with Crippen molar-refractivity contribution in [1.82, 2.24) is 0 Å². The van der Waals surface area contributed by atoms with Gasteiger partial charge in [0.05, 0.1) is 11.6 Å². The predicted molar refractivity (Wildman–Crippen MR) is 106 cm³/mol. The zero-order valence-electron chi connectivity index (χ0n) is 15.5. The van der Waals surface area contributed by atoms with E-state index in [2.05, 4.69) is 23.5 Å². The first kappa shape index (κ1) is 19.4. The maximum atomic E-state index is 12.6. The summed E-state index contributed by atoms with van der Waals surface area (Å²) in [6, 6.07) is 17.0. The Hall–Kier alpha value is -2.39. The summed E-state index contributed by atoms with van der Waals surface area (Å²) >= 11 is 5.95. The second-order valence-corrected chi connectivity index (χ2v) is 7.55. The SMILES string of the molecule is C[C@H](C(=O)Nc1cccc(C#N)c1)[NH+]1CC[NH+](Cc2ccc(Cl)cc2)CC1. The smallest absolute Gasteiger partial charge is 0.282 e. The molecule has 0 radical (unpaired) electrons. The van der Waals surface area contributed by atoms with Crippen molar-refractivity contribution >= 4 is 23.2 Å². The zero-order chi connectivity index (χ0) is 19.2. The van der Waals surface area contributed by atoms with Gasteiger partial charge in [-0.2, -0.15) is 5.26 Å². The van der Waals surface area contributed by atoms with Crippen LogP contribution >= 0.6 is 11.6 Å². The van der Waals surface area contributed by atoms with E-state index < -0.39 is 0 Å². The Bertz CT molecular complexity index is 823. The van der Waals surface area contributed by atoms with E-state index in [-0.39, 0.29) is 11.9 Å². The van der Waals surface area contributed by atoms with E-state index in [1.807, 2.05) is 25.1 Å². The van der Waals surface area contributed by atoms with Crippen LogP contribution in [-0.2, 0) is 11.3 Å². The summed E-state index contributed by atoms with van der Waals surface area (Å²) < 4.78 is 0. The quantitative estimate of drug-likeness (QED) is 0.704. The topological polar surface area (TPSA) is 61.8 Å². The lowest BCUT2D eigenvalue weighted by Gasteiger charge is -2.32. The van der Waals surface area contributed by atoms with Crippen molar-refractivity contribution in [2.24, 2.45) is 0 Å². The molecule has 1 fully saturated rings. The van der Waals surface area contributed by atoms with Gasteiger partial charge in [-0.05, 0) is 37.3 Å². The van der Waals surface area contributed by atoms with E-state index in [0.717, 1.165) is 37.7 Å². The standard InChI is InChI=1S/C21H23ClN4O/c1-16(21(27)24-20-4-2-3-18(13-20)14-23)26-11-9-25(10-12-26)15-17-5-7-19(22)8-6-17/h2-8,13,16H,9-12,15H2,1H3,(H,24,27)/p+2/t16-/m1/s1. The second kappa shape index (κ2) is 9.01. The Morgan fingerprint density at radius 1 is 1.19 bits per heavy atom. The van der Waals surface area contributed by atoms with Gasteiger partial charge in [-0.25, -0.2) is 0 Å². The molecule has 1 atom stereocenters. The van der Waals surface area contributed by atoms with Crippen molar-refractivity contribution in [1.29, 1.82) is 5.26 Å². The van der Waals surface area contributed by atoms with E-state index >= 15 is 0 Å². The zero-order valence-corrected chi connectivity index (χ0v) is 16.2. The molecule has 3 rings (SSSR count). The largest absolute Gasteiger partial charge is 0.322 e. The summed E-state index contributed by atoms with van der Waals surface area (Å²) in [6.45, 7) is 6.99. The van der Waals surface area contributed by atoms with Crippen LogP contribution in [0, 0.1) is 11.3 Å². The maximum Gasteiger partial charge on any atom is 0.282 e. The molecular weight excluding hydrogens is 360 g/mol. The van der Waals surface area contributed by atoms with Crippen LogP contribution in [0.2, 0.25) is 5.02 Å². The number of piperazine rings is 1. The van der Waals surface area contributed by atoms with Crippen LogP contribution in [0.5, 0.6) is 0 Å². The molecule has 2 aromatic carbocycles. The van der Waals surface area contributed by atoms with Crippen molar-refractivity contribution in [2.75, 3.05) is 31.5 Å². The number of quaternary nitrogens is 2. The molecule has 1 aliphatic heterocycles. The Morgan fingerprint density at radius 2 is 1.89 bits per heavy atom. The molecule has 140 valence electrons. The second-order valence-electron chi connectivity index (χ2n) is 7.12. The van der Waals surface area contributed by atoms with Gasteiger partial charge in [-0.1, -0.05) is 29.8 Å². The summed E-state index contributed by atoms with van der Waals surface area (Å²) in [7, 11) is 0. The Labute approximate surface area is 165 Å². The summed E-state index contributed by atoms with van der Waals surface area (Å²) in [5.41, 5.74) is 2.52. The number of amides is 1. The monoisotopic (exact) mass is 384 g/mol. The number of carbonyl (C=O) groups excluding carboxylic acids is 1. The molecular formula is C21H25ClN4O+2. The molecule has 3 N–H and O–H groups in total. The van der Waals surface area contributed by atoms with E-state index in [1.165, 1.54) is 15.4 Å². The molecule has 1 heterocycles. The molecule has 2 aromatic rings. The Balaban J connectivity index is 1.50. The van der Waals surface area contributed by atoms with Crippen molar-refractivity contribution < 1.29 is 14.6 Å². The van der Waals surface area contributed by atoms with Gasteiger partial charge in [-0.3, -0.25) is 4.79 Å². The normalized spacial score (nSPS) is 20.5. The van der Waals surface area contributed by atoms with E-state index in [0.29, 0.717) is 11.3 Å². The number of anilines is 1. The van der Waals surface area contributed by atoms with Crippen LogP contribution in [0.25, 0.3) is 0 Å². The first-order chi connectivity index (χ1) is 13.0. The summed E-state index contributed by atoms with van der Waals surface area (Å²) in [4.78, 5) is 15.4. The highest BCUT2D eigenvalue weighted by atomic mass is 35.5. The number of nitriles is 1. The van der Waals surface area contributed by atoms with Crippen molar-refractivity contribution in [3.63, 3.8) is 0 Å². The minimum atomic E-state index is -0.118. The van der Waals surface area contributed by atoms with Crippen LogP contribution in [0.1, 0.15) is 18.1 Å². The Morgan fingerprint density at radius 3 is 2.56 bits per heavy atom. The lowest BCUT2D eigenvalue weighted by molar-refractivity contribution is -1.02. The first-order valence-corrected chi connectivity index (χ1v) is 9.66. The fourth-order valence-corrected chi connectivity index (χ4v) is 3.65. The molecule has 1 aliphatic rings. The summed E-state index contributed by atoms with van der Waals surface area (Å²) in [5.74, 6) is 0.00115. The average Bonchev–Trinajstić information content (AvgIpc) is 2.70. The number of hydrogen-bond acceptors (Lipinski definition) is 2. The van der Waals surface area contributed by atoms with E-state index in [1.54, 1.807) is 18.2 Å². The van der Waals surface area contributed by atoms with Gasteiger partial charge >= 0.3 is 0 Å². The first-order valence-electron chi connectivity index (χ1n) is 9.29. The number of nitrogens with one attached hydrogen (secondary N) is 3. The van der Waals surface area contributed by atoms with Crippen LogP contribution in [0.3, 0.4) is 0 Å². The minimum Gasteiger partial charge on any atom is -0.322 e. The molecule has 0 spiro atoms. The third-order valence-electron chi connectivity index (χ3n) is 5.23. The molecule has 0 aromatic heterocycles. The average molecular weight is 385 g/mol. The third kappa shape index (κ3) is 5.30. The number of hydrogen-bond donors (Lipinski definition) is 3. The molecule has 1 amide bonds. The van der Waals surface area contributed by atoms with Crippen LogP contribution in [0.4, 0.5) is 5.69 Å². The van der Waals surface area contributed by atoms with Crippen molar-refractivity contribution in [3.05, 3.63) is 64.7 Å². The maximum absolute atomic E-state index is 12.6. The Kier molecular flexibility index (Phi) is 6.46.